The van der Waals surface area contributed by atoms with Crippen LogP contribution in [-0.4, -0.2) is 19.1 Å². The first kappa shape index (κ1) is 14.6. The number of rotatable bonds is 3. The van der Waals surface area contributed by atoms with E-state index >= 15 is 0 Å². The number of fused-ring (bicyclic) bond motifs is 1. The number of anilines is 1. The summed E-state index contributed by atoms with van der Waals surface area (Å²) in [5.74, 6) is 0. The predicted molar refractivity (Wildman–Crippen MR) is 90.4 cm³/mol. The quantitative estimate of drug-likeness (QED) is 0.919. The van der Waals surface area contributed by atoms with Crippen molar-refractivity contribution in [3.8, 4) is 0 Å². The number of nitrogens with one attached hydrogen (secondary N) is 1. The van der Waals surface area contributed by atoms with E-state index in [1.54, 1.807) is 0 Å². The number of benzene rings is 2. The minimum atomic E-state index is -0.0871. The van der Waals surface area contributed by atoms with Gasteiger partial charge in [0.25, 0.3) is 0 Å². The van der Waals surface area contributed by atoms with Crippen LogP contribution in [0, 0.1) is 0 Å². The number of amides is 2. The van der Waals surface area contributed by atoms with Crippen LogP contribution in [-0.2, 0) is 11.8 Å². The Bertz CT molecular complexity index is 664. The maximum Gasteiger partial charge on any atom is 0.321 e. The van der Waals surface area contributed by atoms with Gasteiger partial charge in [-0.2, -0.15) is 0 Å². The van der Waals surface area contributed by atoms with Gasteiger partial charge in [0.2, 0.25) is 0 Å². The zero-order valence-electron chi connectivity index (χ0n) is 13.2. The number of carbonyl (C=O) groups excluding carboxylic acids is 1. The van der Waals surface area contributed by atoms with Gasteiger partial charge in [-0.25, -0.2) is 4.79 Å². The topological polar surface area (TPSA) is 32.3 Å². The lowest BCUT2D eigenvalue weighted by Crippen LogP contribution is -2.44. The van der Waals surface area contributed by atoms with E-state index in [4.69, 9.17) is 0 Å². The number of para-hydroxylation sites is 1. The molecule has 1 heterocycles. The molecule has 0 saturated carbocycles. The molecule has 0 unspecified atom stereocenters. The molecule has 2 aromatic carbocycles. The lowest BCUT2D eigenvalue weighted by Gasteiger charge is -2.27. The molecule has 1 aliphatic rings. The SMILES string of the molecule is CC(C)(CNC(=O)N1CCc2ccccc21)c1ccccc1. The van der Waals surface area contributed by atoms with Crippen LogP contribution in [0.4, 0.5) is 10.5 Å². The number of carbonyl (C=O) groups is 1. The van der Waals surface area contributed by atoms with E-state index < -0.39 is 0 Å². The maximum atomic E-state index is 12.5. The molecule has 0 fully saturated rings. The first-order valence-electron chi connectivity index (χ1n) is 7.77. The van der Waals surface area contributed by atoms with Crippen molar-refractivity contribution < 1.29 is 4.79 Å². The molecule has 0 bridgehead atoms. The van der Waals surface area contributed by atoms with E-state index in [9.17, 15) is 4.79 Å². The Kier molecular flexibility index (Phi) is 3.88. The zero-order valence-corrected chi connectivity index (χ0v) is 13.2. The summed E-state index contributed by atoms with van der Waals surface area (Å²) in [5.41, 5.74) is 3.44. The molecule has 2 aromatic rings. The molecular weight excluding hydrogens is 272 g/mol. The van der Waals surface area contributed by atoms with Gasteiger partial charge in [0.05, 0.1) is 0 Å². The van der Waals surface area contributed by atoms with E-state index in [0.29, 0.717) is 6.54 Å². The molecule has 1 N–H and O–H groups in total. The Morgan fingerprint density at radius 2 is 1.77 bits per heavy atom. The lowest BCUT2D eigenvalue weighted by atomic mass is 9.85. The molecule has 0 radical (unpaired) electrons. The largest absolute Gasteiger partial charge is 0.337 e. The number of urea groups is 1. The summed E-state index contributed by atoms with van der Waals surface area (Å²) >= 11 is 0. The van der Waals surface area contributed by atoms with Crippen LogP contribution >= 0.6 is 0 Å². The summed E-state index contributed by atoms with van der Waals surface area (Å²) in [6, 6.07) is 18.4. The van der Waals surface area contributed by atoms with Gasteiger partial charge in [0.1, 0.15) is 0 Å². The highest BCUT2D eigenvalue weighted by Crippen LogP contribution is 2.27. The van der Waals surface area contributed by atoms with E-state index in [2.05, 4.69) is 37.4 Å². The fraction of sp³-hybridized carbons (Fsp3) is 0.316. The van der Waals surface area contributed by atoms with Crippen molar-refractivity contribution in [2.24, 2.45) is 0 Å². The second kappa shape index (κ2) is 5.84. The molecule has 0 atom stereocenters. The summed E-state index contributed by atoms with van der Waals surface area (Å²) < 4.78 is 0. The molecule has 2 amide bonds. The van der Waals surface area contributed by atoms with Gasteiger partial charge in [-0.05, 0) is 23.6 Å². The van der Waals surface area contributed by atoms with Gasteiger partial charge in [-0.3, -0.25) is 4.90 Å². The predicted octanol–water partition coefficient (Wildman–Crippen LogP) is 3.74. The Morgan fingerprint density at radius 3 is 2.55 bits per heavy atom. The second-order valence-corrected chi connectivity index (χ2v) is 6.44. The van der Waals surface area contributed by atoms with E-state index in [1.807, 2.05) is 41.3 Å². The van der Waals surface area contributed by atoms with Gasteiger partial charge in [-0.1, -0.05) is 62.4 Å². The standard InChI is InChI=1S/C19H22N2O/c1-19(2,16-9-4-3-5-10-16)14-20-18(22)21-13-12-15-8-6-7-11-17(15)21/h3-11H,12-14H2,1-2H3,(H,20,22). The zero-order chi connectivity index (χ0) is 15.6. The first-order valence-corrected chi connectivity index (χ1v) is 7.77. The Labute approximate surface area is 132 Å². The molecule has 3 rings (SSSR count). The molecule has 1 aliphatic heterocycles. The molecular formula is C19H22N2O. The Hall–Kier alpha value is -2.29. The van der Waals surface area contributed by atoms with Gasteiger partial charge in [-0.15, -0.1) is 0 Å². The van der Waals surface area contributed by atoms with Crippen LogP contribution in [0.15, 0.2) is 54.6 Å². The van der Waals surface area contributed by atoms with Crippen molar-refractivity contribution in [1.29, 1.82) is 0 Å². The highest BCUT2D eigenvalue weighted by atomic mass is 16.2. The third-order valence-electron chi connectivity index (χ3n) is 4.37. The minimum absolute atomic E-state index is 0.00560. The third-order valence-corrected chi connectivity index (χ3v) is 4.37. The second-order valence-electron chi connectivity index (χ2n) is 6.44. The molecule has 3 heteroatoms. The van der Waals surface area contributed by atoms with E-state index in [-0.39, 0.29) is 11.4 Å². The van der Waals surface area contributed by atoms with Gasteiger partial charge >= 0.3 is 6.03 Å². The van der Waals surface area contributed by atoms with Gasteiger partial charge < -0.3 is 5.32 Å². The van der Waals surface area contributed by atoms with Gasteiger partial charge in [0.15, 0.2) is 0 Å². The summed E-state index contributed by atoms with van der Waals surface area (Å²) in [6.07, 6.45) is 0.936. The maximum absolute atomic E-state index is 12.5. The van der Waals surface area contributed by atoms with Crippen LogP contribution in [0.2, 0.25) is 0 Å². The van der Waals surface area contributed by atoms with E-state index in [1.165, 1.54) is 11.1 Å². The van der Waals surface area contributed by atoms with Crippen LogP contribution in [0.3, 0.4) is 0 Å². The molecule has 22 heavy (non-hydrogen) atoms. The summed E-state index contributed by atoms with van der Waals surface area (Å²) in [6.45, 7) is 5.69. The fourth-order valence-corrected chi connectivity index (χ4v) is 2.93. The summed E-state index contributed by atoms with van der Waals surface area (Å²) in [5, 5.41) is 3.09. The fourth-order valence-electron chi connectivity index (χ4n) is 2.93. The number of hydrogen-bond acceptors (Lipinski definition) is 1. The Balaban J connectivity index is 1.66. The van der Waals surface area contributed by atoms with Crippen molar-refractivity contribution in [2.75, 3.05) is 18.0 Å². The molecule has 0 spiro atoms. The van der Waals surface area contributed by atoms with Crippen molar-refractivity contribution in [1.82, 2.24) is 5.32 Å². The first-order chi connectivity index (χ1) is 10.6. The normalized spacial score (nSPS) is 13.8. The van der Waals surface area contributed by atoms with Crippen molar-refractivity contribution >= 4 is 11.7 Å². The lowest BCUT2D eigenvalue weighted by molar-refractivity contribution is 0.244. The van der Waals surface area contributed by atoms with E-state index in [0.717, 1.165) is 18.7 Å². The summed E-state index contributed by atoms with van der Waals surface area (Å²) in [7, 11) is 0. The average molecular weight is 294 g/mol. The van der Waals surface area contributed by atoms with Gasteiger partial charge in [0, 0.05) is 24.2 Å². The molecule has 114 valence electrons. The highest BCUT2D eigenvalue weighted by molar-refractivity contribution is 5.94. The summed E-state index contributed by atoms with van der Waals surface area (Å²) in [4.78, 5) is 14.3. The highest BCUT2D eigenvalue weighted by Gasteiger charge is 2.26. The van der Waals surface area contributed by atoms with Crippen LogP contribution in [0.25, 0.3) is 0 Å². The third kappa shape index (κ3) is 2.84. The van der Waals surface area contributed by atoms with Crippen molar-refractivity contribution in [3.05, 3.63) is 65.7 Å². The van der Waals surface area contributed by atoms with Crippen LogP contribution < -0.4 is 10.2 Å². The smallest absolute Gasteiger partial charge is 0.321 e. The number of nitrogens with zero attached hydrogens (tertiary/aromatic N) is 1. The van der Waals surface area contributed by atoms with Crippen molar-refractivity contribution in [2.45, 2.75) is 25.7 Å². The van der Waals surface area contributed by atoms with Crippen molar-refractivity contribution in [3.63, 3.8) is 0 Å². The molecule has 0 aliphatic carbocycles. The molecule has 0 saturated heterocycles. The minimum Gasteiger partial charge on any atom is -0.337 e. The molecule has 0 aromatic heterocycles. The number of hydrogen-bond donors (Lipinski definition) is 1. The average Bonchev–Trinajstić information content (AvgIpc) is 2.98. The van der Waals surface area contributed by atoms with Crippen LogP contribution in [0.1, 0.15) is 25.0 Å². The Morgan fingerprint density at radius 1 is 1.09 bits per heavy atom. The monoisotopic (exact) mass is 294 g/mol. The van der Waals surface area contributed by atoms with Crippen LogP contribution in [0.5, 0.6) is 0 Å². The molecule has 3 nitrogen and oxygen atoms in total.